The quantitative estimate of drug-likeness (QED) is 0.853. The summed E-state index contributed by atoms with van der Waals surface area (Å²) in [5, 5.41) is 12.9. The Labute approximate surface area is 110 Å². The van der Waals surface area contributed by atoms with E-state index < -0.39 is 0 Å². The molecule has 1 saturated heterocycles. The van der Waals surface area contributed by atoms with Crippen LogP contribution in [0, 0.1) is 0 Å². The molecule has 2 rings (SSSR count). The molecule has 0 amide bonds. The zero-order valence-electron chi connectivity index (χ0n) is 11.4. The molecule has 18 heavy (non-hydrogen) atoms. The summed E-state index contributed by atoms with van der Waals surface area (Å²) < 4.78 is 0. The van der Waals surface area contributed by atoms with E-state index in [2.05, 4.69) is 47.5 Å². The van der Waals surface area contributed by atoms with Crippen LogP contribution in [0.5, 0.6) is 0 Å². The van der Waals surface area contributed by atoms with Crippen molar-refractivity contribution in [2.45, 2.75) is 31.3 Å². The van der Waals surface area contributed by atoms with Crippen LogP contribution >= 0.6 is 0 Å². The molecule has 1 aliphatic heterocycles. The average Bonchev–Trinajstić information content (AvgIpc) is 2.47. The van der Waals surface area contributed by atoms with Crippen LogP contribution in [-0.2, 0) is 0 Å². The van der Waals surface area contributed by atoms with Crippen LogP contribution < -0.4 is 5.32 Å². The lowest BCUT2D eigenvalue weighted by molar-refractivity contribution is 0.0526. The molecule has 1 fully saturated rings. The maximum atomic E-state index is 9.62. The second-order valence-corrected chi connectivity index (χ2v) is 5.35. The molecule has 2 atom stereocenters. The Hall–Kier alpha value is -0.900. The molecule has 3 heteroatoms. The fourth-order valence-electron chi connectivity index (χ4n) is 2.85. The van der Waals surface area contributed by atoms with Crippen molar-refractivity contribution in [1.29, 1.82) is 0 Å². The number of nitrogens with one attached hydrogen (secondary N) is 1. The smallest absolute Gasteiger partial charge is 0.0625 e. The molecule has 1 aromatic rings. The van der Waals surface area contributed by atoms with Crippen LogP contribution in [-0.4, -0.2) is 42.3 Å². The highest BCUT2D eigenvalue weighted by molar-refractivity contribution is 5.18. The summed E-state index contributed by atoms with van der Waals surface area (Å²) >= 11 is 0. The molecule has 2 N–H and O–H groups in total. The van der Waals surface area contributed by atoms with Crippen LogP contribution in [0.15, 0.2) is 30.3 Å². The maximum Gasteiger partial charge on any atom is 0.0625 e. The monoisotopic (exact) mass is 248 g/mol. The third-order valence-electron chi connectivity index (χ3n) is 4.27. The third kappa shape index (κ3) is 2.74. The number of nitrogens with zero attached hydrogens (tertiary/aromatic N) is 1. The summed E-state index contributed by atoms with van der Waals surface area (Å²) in [7, 11) is 1.95. The number of likely N-dealkylation sites (N-methyl/N-ethyl adjacent to an activating group) is 1. The van der Waals surface area contributed by atoms with Gasteiger partial charge in [-0.1, -0.05) is 30.3 Å². The largest absolute Gasteiger partial charge is 0.394 e. The van der Waals surface area contributed by atoms with Gasteiger partial charge in [-0.05, 0) is 38.9 Å². The number of piperidine rings is 1. The molecule has 0 aromatic heterocycles. The van der Waals surface area contributed by atoms with Crippen LogP contribution in [0.4, 0.5) is 0 Å². The van der Waals surface area contributed by atoms with Crippen molar-refractivity contribution in [3.63, 3.8) is 0 Å². The lowest BCUT2D eigenvalue weighted by atomic mass is 9.88. The van der Waals surface area contributed by atoms with E-state index in [4.69, 9.17) is 0 Å². The first-order valence-electron chi connectivity index (χ1n) is 6.79. The first-order chi connectivity index (χ1) is 8.71. The number of hydrogen-bond donors (Lipinski definition) is 2. The molecule has 0 radical (unpaired) electrons. The highest BCUT2D eigenvalue weighted by atomic mass is 16.3. The molecule has 1 heterocycles. The second kappa shape index (κ2) is 5.83. The zero-order valence-corrected chi connectivity index (χ0v) is 11.4. The van der Waals surface area contributed by atoms with Crippen molar-refractivity contribution in [3.8, 4) is 0 Å². The van der Waals surface area contributed by atoms with Crippen LogP contribution in [0.2, 0.25) is 0 Å². The minimum Gasteiger partial charge on any atom is -0.394 e. The summed E-state index contributed by atoms with van der Waals surface area (Å²) in [6, 6.07) is 11.0. The van der Waals surface area contributed by atoms with E-state index in [0.29, 0.717) is 6.04 Å². The van der Waals surface area contributed by atoms with Crippen LogP contribution in [0.1, 0.15) is 31.4 Å². The summed E-state index contributed by atoms with van der Waals surface area (Å²) in [4.78, 5) is 2.46. The first-order valence-corrected chi connectivity index (χ1v) is 6.79. The van der Waals surface area contributed by atoms with E-state index in [9.17, 15) is 5.11 Å². The molecule has 3 nitrogen and oxygen atoms in total. The highest BCUT2D eigenvalue weighted by Gasteiger charge is 2.35. The van der Waals surface area contributed by atoms with Gasteiger partial charge in [0.05, 0.1) is 12.1 Å². The Morgan fingerprint density at radius 3 is 2.72 bits per heavy atom. The summed E-state index contributed by atoms with van der Waals surface area (Å²) in [5.74, 6) is 0. The molecule has 0 aliphatic carbocycles. The average molecular weight is 248 g/mol. The third-order valence-corrected chi connectivity index (χ3v) is 4.27. The van der Waals surface area contributed by atoms with E-state index in [0.717, 1.165) is 25.9 Å². The van der Waals surface area contributed by atoms with Crippen LogP contribution in [0.25, 0.3) is 0 Å². The van der Waals surface area contributed by atoms with Gasteiger partial charge in [-0.2, -0.15) is 0 Å². The SMILES string of the molecule is CNC1(CO)CCCN(C(C)c2ccccc2)C1. The molecule has 0 saturated carbocycles. The molecule has 0 spiro atoms. The molecule has 1 aromatic carbocycles. The van der Waals surface area contributed by atoms with Gasteiger partial charge in [-0.3, -0.25) is 4.90 Å². The number of aliphatic hydroxyl groups is 1. The Morgan fingerprint density at radius 2 is 2.11 bits per heavy atom. The highest BCUT2D eigenvalue weighted by Crippen LogP contribution is 2.28. The van der Waals surface area contributed by atoms with Crippen molar-refractivity contribution in [2.75, 3.05) is 26.7 Å². The summed E-state index contributed by atoms with van der Waals surface area (Å²) in [5.41, 5.74) is 1.23. The van der Waals surface area contributed by atoms with Crippen molar-refractivity contribution < 1.29 is 5.11 Å². The van der Waals surface area contributed by atoms with Crippen molar-refractivity contribution in [1.82, 2.24) is 10.2 Å². The van der Waals surface area contributed by atoms with Crippen molar-refractivity contribution >= 4 is 0 Å². The number of aliphatic hydroxyl groups excluding tert-OH is 1. The minimum atomic E-state index is -0.124. The molecule has 2 unspecified atom stereocenters. The predicted molar refractivity (Wildman–Crippen MR) is 74.5 cm³/mol. The van der Waals surface area contributed by atoms with Gasteiger partial charge < -0.3 is 10.4 Å². The van der Waals surface area contributed by atoms with E-state index in [1.807, 2.05) is 7.05 Å². The molecular weight excluding hydrogens is 224 g/mol. The van der Waals surface area contributed by atoms with Crippen molar-refractivity contribution in [2.24, 2.45) is 0 Å². The van der Waals surface area contributed by atoms with E-state index >= 15 is 0 Å². The van der Waals surface area contributed by atoms with Crippen molar-refractivity contribution in [3.05, 3.63) is 35.9 Å². The fourth-order valence-corrected chi connectivity index (χ4v) is 2.85. The maximum absolute atomic E-state index is 9.62. The Bertz CT molecular complexity index is 362. The Morgan fingerprint density at radius 1 is 1.39 bits per heavy atom. The van der Waals surface area contributed by atoms with Gasteiger partial charge in [0.25, 0.3) is 0 Å². The van der Waals surface area contributed by atoms with Gasteiger partial charge in [0.15, 0.2) is 0 Å². The van der Waals surface area contributed by atoms with Crippen LogP contribution in [0.3, 0.4) is 0 Å². The number of hydrogen-bond acceptors (Lipinski definition) is 3. The van der Waals surface area contributed by atoms with Gasteiger partial charge >= 0.3 is 0 Å². The zero-order chi connectivity index (χ0) is 13.0. The predicted octanol–water partition coefficient (Wildman–Crippen LogP) is 1.79. The van der Waals surface area contributed by atoms with E-state index in [1.54, 1.807) is 0 Å². The lowest BCUT2D eigenvalue weighted by Gasteiger charge is -2.44. The first kappa shape index (κ1) is 13.5. The van der Waals surface area contributed by atoms with Gasteiger partial charge in [-0.15, -0.1) is 0 Å². The molecule has 100 valence electrons. The number of likely N-dealkylation sites (tertiary alicyclic amines) is 1. The van der Waals surface area contributed by atoms with Gasteiger partial charge in [0, 0.05) is 12.6 Å². The van der Waals surface area contributed by atoms with E-state index in [1.165, 1.54) is 5.56 Å². The number of rotatable bonds is 4. The Balaban J connectivity index is 2.09. The number of benzene rings is 1. The lowest BCUT2D eigenvalue weighted by Crippen LogP contribution is -2.58. The van der Waals surface area contributed by atoms with Gasteiger partial charge in [-0.25, -0.2) is 0 Å². The topological polar surface area (TPSA) is 35.5 Å². The molecular formula is C15H24N2O. The second-order valence-electron chi connectivity index (χ2n) is 5.35. The molecule has 1 aliphatic rings. The fraction of sp³-hybridized carbons (Fsp3) is 0.600. The summed E-state index contributed by atoms with van der Waals surface area (Å²) in [6.45, 7) is 4.48. The van der Waals surface area contributed by atoms with E-state index in [-0.39, 0.29) is 12.1 Å². The summed E-state index contributed by atoms with van der Waals surface area (Å²) in [6.07, 6.45) is 2.19. The molecule has 0 bridgehead atoms. The Kier molecular flexibility index (Phi) is 4.38. The standard InChI is InChI=1S/C15H24N2O/c1-13(14-7-4-3-5-8-14)17-10-6-9-15(11-17,12-18)16-2/h3-5,7-8,13,16,18H,6,9-12H2,1-2H3. The van der Waals surface area contributed by atoms with Gasteiger partial charge in [0.1, 0.15) is 0 Å². The minimum absolute atomic E-state index is 0.124. The normalized spacial score (nSPS) is 27.1. The van der Waals surface area contributed by atoms with Gasteiger partial charge in [0.2, 0.25) is 0 Å².